The van der Waals surface area contributed by atoms with Crippen LogP contribution in [0.25, 0.3) is 5.69 Å². The summed E-state index contributed by atoms with van der Waals surface area (Å²) in [4.78, 5) is 1.44. The highest BCUT2D eigenvalue weighted by molar-refractivity contribution is 7.98. The van der Waals surface area contributed by atoms with Gasteiger partial charge in [0.15, 0.2) is 11.0 Å². The molecule has 0 radical (unpaired) electrons. The van der Waals surface area contributed by atoms with Gasteiger partial charge in [0.25, 0.3) is 0 Å². The number of hydrogen-bond acceptors (Lipinski definition) is 4. The number of morpholine rings is 1. The smallest absolute Gasteiger partial charge is 0.196 e. The zero-order valence-electron chi connectivity index (χ0n) is 15.3. The maximum Gasteiger partial charge on any atom is 0.196 e. The predicted octanol–water partition coefficient (Wildman–Crippen LogP) is 2.77. The van der Waals surface area contributed by atoms with Gasteiger partial charge in [-0.15, -0.1) is 10.2 Å². The van der Waals surface area contributed by atoms with E-state index >= 15 is 0 Å². The van der Waals surface area contributed by atoms with Gasteiger partial charge in [0.1, 0.15) is 25.5 Å². The molecule has 1 aliphatic heterocycles. The molecule has 1 aliphatic rings. The van der Waals surface area contributed by atoms with Gasteiger partial charge in [0.05, 0.1) is 13.2 Å². The van der Waals surface area contributed by atoms with Crippen molar-refractivity contribution in [2.24, 2.45) is 0 Å². The van der Waals surface area contributed by atoms with Gasteiger partial charge in [-0.2, -0.15) is 0 Å². The second-order valence-corrected chi connectivity index (χ2v) is 7.98. The molecule has 0 atom stereocenters. The summed E-state index contributed by atoms with van der Waals surface area (Å²) < 4.78 is 20.9. The topological polar surface area (TPSA) is 44.4 Å². The highest BCUT2D eigenvalue weighted by Crippen LogP contribution is 2.28. The first-order valence-electron chi connectivity index (χ1n) is 9.18. The molecule has 28 heavy (non-hydrogen) atoms. The van der Waals surface area contributed by atoms with Gasteiger partial charge >= 0.3 is 0 Å². The van der Waals surface area contributed by atoms with Crippen molar-refractivity contribution < 1.29 is 14.0 Å². The Balaban J connectivity index is 1.59. The van der Waals surface area contributed by atoms with Crippen molar-refractivity contribution in [2.45, 2.75) is 17.5 Å². The lowest BCUT2D eigenvalue weighted by atomic mass is 10.2. The molecule has 0 saturated carbocycles. The fraction of sp³-hybridized carbons (Fsp3) is 0.300. The van der Waals surface area contributed by atoms with Gasteiger partial charge in [-0.05, 0) is 29.8 Å². The maximum atomic E-state index is 13.3. The number of para-hydroxylation sites is 1. The molecular weight excluding hydrogens is 399 g/mol. The molecule has 1 saturated heterocycles. The molecule has 2 heterocycles. The van der Waals surface area contributed by atoms with E-state index in [1.807, 2.05) is 18.2 Å². The molecule has 0 aliphatic carbocycles. The van der Waals surface area contributed by atoms with Crippen LogP contribution >= 0.6 is 23.4 Å². The fourth-order valence-electron chi connectivity index (χ4n) is 3.19. The number of nitrogens with zero attached hydrogens (tertiary/aromatic N) is 3. The molecule has 0 amide bonds. The van der Waals surface area contributed by atoms with Crippen LogP contribution in [0.2, 0.25) is 5.02 Å². The Morgan fingerprint density at radius 3 is 2.64 bits per heavy atom. The predicted molar refractivity (Wildman–Crippen MR) is 108 cm³/mol. The van der Waals surface area contributed by atoms with E-state index in [9.17, 15) is 4.39 Å². The highest BCUT2D eigenvalue weighted by Gasteiger charge is 2.21. The molecule has 5 nitrogen and oxygen atoms in total. The van der Waals surface area contributed by atoms with E-state index in [2.05, 4.69) is 26.9 Å². The highest BCUT2D eigenvalue weighted by atomic mass is 35.5. The van der Waals surface area contributed by atoms with Crippen LogP contribution in [0.1, 0.15) is 11.4 Å². The van der Waals surface area contributed by atoms with Gasteiger partial charge in [0.2, 0.25) is 0 Å². The quantitative estimate of drug-likeness (QED) is 0.624. The number of aromatic nitrogens is 3. The van der Waals surface area contributed by atoms with Crippen molar-refractivity contribution in [3.05, 3.63) is 70.8 Å². The van der Waals surface area contributed by atoms with E-state index in [4.69, 9.17) is 16.3 Å². The van der Waals surface area contributed by atoms with Gasteiger partial charge in [-0.1, -0.05) is 47.6 Å². The minimum Gasteiger partial charge on any atom is -0.370 e. The molecule has 0 spiro atoms. The van der Waals surface area contributed by atoms with Crippen LogP contribution in [0.5, 0.6) is 0 Å². The van der Waals surface area contributed by atoms with E-state index in [-0.39, 0.29) is 5.82 Å². The van der Waals surface area contributed by atoms with Gasteiger partial charge in [-0.3, -0.25) is 4.57 Å². The first-order valence-corrected chi connectivity index (χ1v) is 10.5. The molecule has 0 bridgehead atoms. The van der Waals surface area contributed by atoms with Crippen LogP contribution in [0.15, 0.2) is 53.7 Å². The number of quaternary nitrogens is 1. The lowest BCUT2D eigenvalue weighted by Crippen LogP contribution is -3.12. The summed E-state index contributed by atoms with van der Waals surface area (Å²) in [5, 5.41) is 10.1. The summed E-state index contributed by atoms with van der Waals surface area (Å²) in [7, 11) is 0. The van der Waals surface area contributed by atoms with Crippen molar-refractivity contribution in [3.63, 3.8) is 0 Å². The number of benzene rings is 2. The molecule has 146 valence electrons. The Labute approximate surface area is 172 Å². The standard InChI is InChI=1S/C20H20ClFN4OS/c21-18-12-16(22)7-6-15(18)14-28-20-24-23-19(13-25-8-10-27-11-9-25)26(20)17-4-2-1-3-5-17/h1-7,12H,8-11,13-14H2/p+1. The second kappa shape index (κ2) is 9.05. The van der Waals surface area contributed by atoms with Crippen LogP contribution in [0, 0.1) is 5.82 Å². The molecule has 1 N–H and O–H groups in total. The summed E-state index contributed by atoms with van der Waals surface area (Å²) in [6.45, 7) is 4.28. The van der Waals surface area contributed by atoms with E-state index in [1.54, 1.807) is 17.8 Å². The Morgan fingerprint density at radius 2 is 1.89 bits per heavy atom. The third-order valence-electron chi connectivity index (χ3n) is 4.69. The Hall–Kier alpha value is -1.93. The third kappa shape index (κ3) is 4.55. The summed E-state index contributed by atoms with van der Waals surface area (Å²) in [5.74, 6) is 1.19. The van der Waals surface area contributed by atoms with Crippen molar-refractivity contribution in [2.75, 3.05) is 26.3 Å². The number of halogens is 2. The van der Waals surface area contributed by atoms with E-state index < -0.39 is 0 Å². The molecule has 1 aromatic heterocycles. The zero-order valence-corrected chi connectivity index (χ0v) is 16.8. The largest absolute Gasteiger partial charge is 0.370 e. The Kier molecular flexibility index (Phi) is 6.26. The molecule has 2 aromatic carbocycles. The Morgan fingerprint density at radius 1 is 1.11 bits per heavy atom. The van der Waals surface area contributed by atoms with Crippen LogP contribution in [0.3, 0.4) is 0 Å². The minimum atomic E-state index is -0.332. The number of nitrogens with one attached hydrogen (secondary N) is 1. The van der Waals surface area contributed by atoms with Crippen molar-refractivity contribution in [3.8, 4) is 5.69 Å². The van der Waals surface area contributed by atoms with Gasteiger partial charge in [0, 0.05) is 16.5 Å². The van der Waals surface area contributed by atoms with Crippen LogP contribution < -0.4 is 4.90 Å². The average Bonchev–Trinajstić information content (AvgIpc) is 3.11. The monoisotopic (exact) mass is 419 g/mol. The first kappa shape index (κ1) is 19.4. The van der Waals surface area contributed by atoms with Crippen LogP contribution in [-0.2, 0) is 17.0 Å². The normalized spacial score (nSPS) is 15.1. The summed E-state index contributed by atoms with van der Waals surface area (Å²) >= 11 is 7.72. The fourth-order valence-corrected chi connectivity index (χ4v) is 4.47. The van der Waals surface area contributed by atoms with E-state index in [1.165, 1.54) is 17.0 Å². The van der Waals surface area contributed by atoms with E-state index in [0.717, 1.165) is 55.1 Å². The number of thioether (sulfide) groups is 1. The molecular formula is C20H21ClFN4OS+. The molecule has 4 rings (SSSR count). The third-order valence-corrected chi connectivity index (χ3v) is 6.02. The van der Waals surface area contributed by atoms with Crippen molar-refractivity contribution in [1.29, 1.82) is 0 Å². The molecule has 0 unspecified atom stereocenters. The molecule has 3 aromatic rings. The maximum absolute atomic E-state index is 13.3. The second-order valence-electron chi connectivity index (χ2n) is 6.63. The van der Waals surface area contributed by atoms with Gasteiger partial charge < -0.3 is 9.64 Å². The van der Waals surface area contributed by atoms with Crippen molar-refractivity contribution in [1.82, 2.24) is 14.8 Å². The zero-order chi connectivity index (χ0) is 19.3. The molecule has 1 fully saturated rings. The summed E-state index contributed by atoms with van der Waals surface area (Å²) in [6, 6.07) is 14.6. The lowest BCUT2D eigenvalue weighted by molar-refractivity contribution is -0.922. The van der Waals surface area contributed by atoms with Crippen molar-refractivity contribution >= 4 is 23.4 Å². The number of ether oxygens (including phenoxy) is 1. The molecule has 8 heteroatoms. The Bertz CT molecular complexity index is 931. The van der Waals surface area contributed by atoms with Crippen LogP contribution in [0.4, 0.5) is 4.39 Å². The van der Waals surface area contributed by atoms with Crippen LogP contribution in [-0.4, -0.2) is 41.1 Å². The number of rotatable bonds is 6. The lowest BCUT2D eigenvalue weighted by Gasteiger charge is -2.23. The minimum absolute atomic E-state index is 0.332. The van der Waals surface area contributed by atoms with E-state index in [0.29, 0.717) is 10.8 Å². The average molecular weight is 420 g/mol. The first-order chi connectivity index (χ1) is 13.7. The summed E-state index contributed by atoms with van der Waals surface area (Å²) in [5.41, 5.74) is 1.90. The SMILES string of the molecule is Fc1ccc(CSc2nnc(C[NH+]3CCOCC3)n2-c2ccccc2)c(Cl)c1. The number of hydrogen-bond donors (Lipinski definition) is 1. The summed E-state index contributed by atoms with van der Waals surface area (Å²) in [6.07, 6.45) is 0. The van der Waals surface area contributed by atoms with Gasteiger partial charge in [-0.25, -0.2) is 4.39 Å².